The van der Waals surface area contributed by atoms with E-state index in [4.69, 9.17) is 9.15 Å². The van der Waals surface area contributed by atoms with E-state index in [9.17, 15) is 19.8 Å². The first-order chi connectivity index (χ1) is 14.0. The molecule has 2 N–H and O–H groups in total. The van der Waals surface area contributed by atoms with E-state index in [2.05, 4.69) is 0 Å². The van der Waals surface area contributed by atoms with Crippen molar-refractivity contribution in [2.24, 2.45) is 0 Å². The highest BCUT2D eigenvalue weighted by atomic mass is 32.1. The summed E-state index contributed by atoms with van der Waals surface area (Å²) in [7, 11) is 1.41. The molecule has 0 fully saturated rings. The van der Waals surface area contributed by atoms with Crippen molar-refractivity contribution in [3.05, 3.63) is 81.6 Å². The zero-order chi connectivity index (χ0) is 20.5. The number of hydrogen-bond donors (Lipinski definition) is 2. The summed E-state index contributed by atoms with van der Waals surface area (Å²) in [4.78, 5) is 28.2. The van der Waals surface area contributed by atoms with Gasteiger partial charge in [-0.15, -0.1) is 11.3 Å². The van der Waals surface area contributed by atoms with Crippen LogP contribution in [0.15, 0.2) is 69.9 Å². The maximum Gasteiger partial charge on any atom is 0.290 e. The normalized spacial score (nSPS) is 16.5. The Morgan fingerprint density at radius 1 is 1.21 bits per heavy atom. The van der Waals surface area contributed by atoms with Crippen LogP contribution in [0.2, 0.25) is 0 Å². The topological polar surface area (TPSA) is 100 Å². The van der Waals surface area contributed by atoms with Crippen LogP contribution in [0.1, 0.15) is 27.0 Å². The van der Waals surface area contributed by atoms with E-state index in [-0.39, 0.29) is 34.9 Å². The summed E-state index contributed by atoms with van der Waals surface area (Å²) in [6.45, 7) is 0.164. The summed E-state index contributed by atoms with van der Waals surface area (Å²) < 4.78 is 10.4. The molecular formula is C21H17NO6S. The molecule has 1 aliphatic heterocycles. The number of amides is 1. The average molecular weight is 411 g/mol. The number of aliphatic hydroxyl groups is 1. The number of ketones is 1. The Morgan fingerprint density at radius 3 is 2.69 bits per heavy atom. The SMILES string of the molecule is COc1cccc(C2C(C(=O)c3ccco3)=C(O)C(=O)N2Cc2cccs2)c1O. The molecule has 1 amide bonds. The molecule has 0 radical (unpaired) electrons. The van der Waals surface area contributed by atoms with E-state index in [1.165, 1.54) is 35.7 Å². The molecule has 8 heteroatoms. The molecule has 7 nitrogen and oxygen atoms in total. The van der Waals surface area contributed by atoms with Gasteiger partial charge in [-0.25, -0.2) is 0 Å². The van der Waals surface area contributed by atoms with E-state index in [1.54, 1.807) is 24.3 Å². The van der Waals surface area contributed by atoms with Crippen LogP contribution >= 0.6 is 11.3 Å². The lowest BCUT2D eigenvalue weighted by Crippen LogP contribution is -2.30. The van der Waals surface area contributed by atoms with Crippen LogP contribution in [0.4, 0.5) is 0 Å². The van der Waals surface area contributed by atoms with Crippen molar-refractivity contribution in [3.63, 3.8) is 0 Å². The minimum atomic E-state index is -1.00. The third-order valence-corrected chi connectivity index (χ3v) is 5.61. The summed E-state index contributed by atoms with van der Waals surface area (Å²) in [6.07, 6.45) is 1.34. The van der Waals surface area contributed by atoms with E-state index >= 15 is 0 Å². The summed E-state index contributed by atoms with van der Waals surface area (Å²) in [5, 5.41) is 23.2. The Hall–Kier alpha value is -3.52. The molecule has 148 valence electrons. The second-order valence-electron chi connectivity index (χ2n) is 6.38. The van der Waals surface area contributed by atoms with Crippen LogP contribution < -0.4 is 4.74 Å². The summed E-state index contributed by atoms with van der Waals surface area (Å²) >= 11 is 1.44. The number of aromatic hydroxyl groups is 1. The molecule has 0 spiro atoms. The van der Waals surface area contributed by atoms with Crippen LogP contribution in [0.25, 0.3) is 0 Å². The molecule has 1 aliphatic rings. The number of para-hydroxylation sites is 1. The van der Waals surface area contributed by atoms with Gasteiger partial charge in [0.1, 0.15) is 0 Å². The second-order valence-corrected chi connectivity index (χ2v) is 7.41. The predicted octanol–water partition coefficient (Wildman–Crippen LogP) is 3.83. The van der Waals surface area contributed by atoms with Crippen molar-refractivity contribution in [3.8, 4) is 11.5 Å². The summed E-state index contributed by atoms with van der Waals surface area (Å²) in [6, 6.07) is 10.5. The number of aliphatic hydroxyl groups excluding tert-OH is 1. The van der Waals surface area contributed by atoms with Crippen molar-refractivity contribution in [2.75, 3.05) is 7.11 Å². The molecule has 2 aromatic heterocycles. The Labute approximate surface area is 170 Å². The lowest BCUT2D eigenvalue weighted by Gasteiger charge is -2.27. The fraction of sp³-hybridized carbons (Fsp3) is 0.143. The molecule has 3 heterocycles. The quantitative estimate of drug-likeness (QED) is 0.598. The standard InChI is InChI=1S/C21H17NO6S/c1-27-14-7-2-6-13(18(14)23)17-16(19(24)15-8-3-9-28-15)20(25)21(26)22(17)11-12-5-4-10-29-12/h2-10,17,23,25H,11H2,1H3. The molecule has 0 bridgehead atoms. The van der Waals surface area contributed by atoms with Gasteiger partial charge in [-0.3, -0.25) is 9.59 Å². The number of ether oxygens (including phenoxy) is 1. The van der Waals surface area contributed by atoms with E-state index < -0.39 is 23.5 Å². The Balaban J connectivity index is 1.86. The number of methoxy groups -OCH3 is 1. The van der Waals surface area contributed by atoms with Gasteiger partial charge in [-0.2, -0.15) is 0 Å². The van der Waals surface area contributed by atoms with Crippen molar-refractivity contribution >= 4 is 23.0 Å². The lowest BCUT2D eigenvalue weighted by atomic mass is 9.94. The van der Waals surface area contributed by atoms with Gasteiger partial charge >= 0.3 is 0 Å². The minimum absolute atomic E-state index is 0.00953. The lowest BCUT2D eigenvalue weighted by molar-refractivity contribution is -0.130. The van der Waals surface area contributed by atoms with Gasteiger partial charge in [0, 0.05) is 10.4 Å². The second kappa shape index (κ2) is 7.48. The van der Waals surface area contributed by atoms with Crippen LogP contribution in [-0.4, -0.2) is 33.9 Å². The van der Waals surface area contributed by atoms with Gasteiger partial charge in [-0.05, 0) is 29.6 Å². The molecule has 29 heavy (non-hydrogen) atoms. The van der Waals surface area contributed by atoms with Gasteiger partial charge < -0.3 is 24.3 Å². The zero-order valence-electron chi connectivity index (χ0n) is 15.4. The maximum absolute atomic E-state index is 13.1. The molecule has 3 aromatic rings. The molecular weight excluding hydrogens is 394 g/mol. The highest BCUT2D eigenvalue weighted by Crippen LogP contribution is 2.45. The number of phenols is 1. The third kappa shape index (κ3) is 3.17. The number of hydrogen-bond acceptors (Lipinski definition) is 7. The van der Waals surface area contributed by atoms with Gasteiger partial charge in [0.25, 0.3) is 5.91 Å². The van der Waals surface area contributed by atoms with Gasteiger partial charge in [0.2, 0.25) is 5.78 Å². The van der Waals surface area contributed by atoms with E-state index in [1.807, 2.05) is 17.5 Å². The van der Waals surface area contributed by atoms with Crippen LogP contribution in [0.3, 0.4) is 0 Å². The predicted molar refractivity (Wildman–Crippen MR) is 105 cm³/mol. The van der Waals surface area contributed by atoms with Crippen LogP contribution in [0.5, 0.6) is 11.5 Å². The largest absolute Gasteiger partial charge is 0.504 e. The molecule has 4 rings (SSSR count). The molecule has 1 atom stereocenters. The maximum atomic E-state index is 13.1. The molecule has 1 aromatic carbocycles. The number of rotatable bonds is 6. The van der Waals surface area contributed by atoms with Crippen LogP contribution in [0, 0.1) is 0 Å². The summed E-state index contributed by atoms with van der Waals surface area (Å²) in [5.74, 6) is -1.99. The number of benzene rings is 1. The Morgan fingerprint density at radius 2 is 2.03 bits per heavy atom. The smallest absolute Gasteiger partial charge is 0.290 e. The molecule has 0 saturated heterocycles. The van der Waals surface area contributed by atoms with Crippen molar-refractivity contribution < 1.29 is 29.0 Å². The average Bonchev–Trinajstić information content (AvgIpc) is 3.47. The number of furan rings is 1. The van der Waals surface area contributed by atoms with E-state index in [0.717, 1.165) is 4.88 Å². The Kier molecular flexibility index (Phi) is 4.85. The highest BCUT2D eigenvalue weighted by Gasteiger charge is 2.45. The summed E-state index contributed by atoms with van der Waals surface area (Å²) in [5.41, 5.74) is 0.123. The van der Waals surface area contributed by atoms with Crippen molar-refractivity contribution in [1.29, 1.82) is 0 Å². The van der Waals surface area contributed by atoms with Gasteiger partial charge in [0.15, 0.2) is 23.0 Å². The third-order valence-electron chi connectivity index (χ3n) is 4.74. The number of Topliss-reactive ketones (excluding diaryl/α,β-unsaturated/α-hetero) is 1. The highest BCUT2D eigenvalue weighted by molar-refractivity contribution is 7.09. The molecule has 0 aliphatic carbocycles. The number of phenolic OH excluding ortho intramolecular Hbond substituents is 1. The van der Waals surface area contributed by atoms with Crippen LogP contribution in [-0.2, 0) is 11.3 Å². The Bertz CT molecular complexity index is 1080. The van der Waals surface area contributed by atoms with Crippen molar-refractivity contribution in [2.45, 2.75) is 12.6 Å². The van der Waals surface area contributed by atoms with Crippen molar-refractivity contribution in [1.82, 2.24) is 4.90 Å². The minimum Gasteiger partial charge on any atom is -0.504 e. The number of nitrogens with zero attached hydrogens (tertiary/aromatic N) is 1. The monoisotopic (exact) mass is 411 g/mol. The number of carbonyl (C=O) groups is 2. The number of carbonyl (C=O) groups excluding carboxylic acids is 2. The fourth-order valence-corrected chi connectivity index (χ4v) is 4.11. The first kappa shape index (κ1) is 18.8. The first-order valence-electron chi connectivity index (χ1n) is 8.73. The van der Waals surface area contributed by atoms with Gasteiger partial charge in [0.05, 0.1) is 31.5 Å². The van der Waals surface area contributed by atoms with E-state index in [0.29, 0.717) is 0 Å². The van der Waals surface area contributed by atoms with Gasteiger partial charge in [-0.1, -0.05) is 18.2 Å². The molecule has 0 saturated carbocycles. The number of thiophene rings is 1. The first-order valence-corrected chi connectivity index (χ1v) is 9.61. The fourth-order valence-electron chi connectivity index (χ4n) is 3.41. The zero-order valence-corrected chi connectivity index (χ0v) is 16.2. The molecule has 1 unspecified atom stereocenters.